The molecule has 1 amide bonds. The zero-order chi connectivity index (χ0) is 11.9. The molecule has 0 atom stereocenters. The van der Waals surface area contributed by atoms with Crippen molar-refractivity contribution in [2.24, 2.45) is 11.1 Å². The standard InChI is InChI=1S/C11H25N3O/c1-5-13-10(15)8-14(4)7-6-11(2,3)9-12/h5-9,12H2,1-4H3,(H,13,15). The van der Waals surface area contributed by atoms with E-state index in [0.717, 1.165) is 13.0 Å². The second kappa shape index (κ2) is 6.80. The summed E-state index contributed by atoms with van der Waals surface area (Å²) in [5.41, 5.74) is 5.81. The Labute approximate surface area is 93.2 Å². The van der Waals surface area contributed by atoms with Crippen molar-refractivity contribution in [2.45, 2.75) is 27.2 Å². The maximum absolute atomic E-state index is 11.3. The summed E-state index contributed by atoms with van der Waals surface area (Å²) in [5, 5.41) is 2.78. The Kier molecular flexibility index (Phi) is 6.52. The molecule has 0 saturated heterocycles. The summed E-state index contributed by atoms with van der Waals surface area (Å²) in [4.78, 5) is 13.3. The van der Waals surface area contributed by atoms with Crippen LogP contribution in [0.5, 0.6) is 0 Å². The number of nitrogens with two attached hydrogens (primary N) is 1. The van der Waals surface area contributed by atoms with E-state index >= 15 is 0 Å². The molecule has 3 N–H and O–H groups in total. The minimum atomic E-state index is 0.0885. The first kappa shape index (κ1) is 14.4. The van der Waals surface area contributed by atoms with Crippen LogP contribution in [0.15, 0.2) is 0 Å². The van der Waals surface area contributed by atoms with Gasteiger partial charge in [0.05, 0.1) is 6.54 Å². The predicted molar refractivity (Wildman–Crippen MR) is 63.6 cm³/mol. The van der Waals surface area contributed by atoms with E-state index in [9.17, 15) is 4.79 Å². The molecule has 0 aliphatic heterocycles. The quantitative estimate of drug-likeness (QED) is 0.647. The van der Waals surface area contributed by atoms with Gasteiger partial charge in [0.2, 0.25) is 5.91 Å². The third-order valence-electron chi connectivity index (χ3n) is 2.51. The SMILES string of the molecule is CCNC(=O)CN(C)CCC(C)(C)CN. The lowest BCUT2D eigenvalue weighted by atomic mass is 9.89. The van der Waals surface area contributed by atoms with E-state index in [1.807, 2.05) is 18.9 Å². The van der Waals surface area contributed by atoms with Crippen LogP contribution in [0.4, 0.5) is 0 Å². The highest BCUT2D eigenvalue weighted by molar-refractivity contribution is 5.77. The maximum atomic E-state index is 11.3. The average molecular weight is 215 g/mol. The monoisotopic (exact) mass is 215 g/mol. The second-order valence-electron chi connectivity index (χ2n) is 4.81. The van der Waals surface area contributed by atoms with Crippen LogP contribution in [0, 0.1) is 5.41 Å². The molecule has 4 heteroatoms. The summed E-state index contributed by atoms with van der Waals surface area (Å²) in [5.74, 6) is 0.0885. The molecule has 0 saturated carbocycles. The number of nitrogens with one attached hydrogen (secondary N) is 1. The maximum Gasteiger partial charge on any atom is 0.234 e. The average Bonchev–Trinajstić information content (AvgIpc) is 2.15. The first-order chi connectivity index (χ1) is 6.91. The molecule has 4 nitrogen and oxygen atoms in total. The zero-order valence-electron chi connectivity index (χ0n) is 10.5. The Morgan fingerprint density at radius 3 is 2.53 bits per heavy atom. The number of hydrogen-bond acceptors (Lipinski definition) is 3. The van der Waals surface area contributed by atoms with E-state index in [4.69, 9.17) is 5.73 Å². The van der Waals surface area contributed by atoms with Crippen molar-refractivity contribution >= 4 is 5.91 Å². The number of hydrogen-bond donors (Lipinski definition) is 2. The highest BCUT2D eigenvalue weighted by Gasteiger charge is 2.16. The molecule has 0 aromatic carbocycles. The van der Waals surface area contributed by atoms with Gasteiger partial charge in [-0.3, -0.25) is 9.69 Å². The largest absolute Gasteiger partial charge is 0.355 e. The fraction of sp³-hybridized carbons (Fsp3) is 0.909. The lowest BCUT2D eigenvalue weighted by molar-refractivity contribution is -0.121. The van der Waals surface area contributed by atoms with E-state index in [2.05, 4.69) is 19.2 Å². The lowest BCUT2D eigenvalue weighted by Crippen LogP contribution is -2.37. The van der Waals surface area contributed by atoms with E-state index in [1.54, 1.807) is 0 Å². The third-order valence-corrected chi connectivity index (χ3v) is 2.51. The van der Waals surface area contributed by atoms with Crippen molar-refractivity contribution in [1.29, 1.82) is 0 Å². The summed E-state index contributed by atoms with van der Waals surface area (Å²) < 4.78 is 0. The summed E-state index contributed by atoms with van der Waals surface area (Å²) in [6.07, 6.45) is 1.01. The molecule has 0 aliphatic carbocycles. The van der Waals surface area contributed by atoms with Gasteiger partial charge in [-0.25, -0.2) is 0 Å². The van der Waals surface area contributed by atoms with Gasteiger partial charge in [-0.1, -0.05) is 13.8 Å². The number of rotatable bonds is 7. The Bertz CT molecular complexity index is 192. The van der Waals surface area contributed by atoms with E-state index in [-0.39, 0.29) is 11.3 Å². The van der Waals surface area contributed by atoms with Gasteiger partial charge in [-0.05, 0) is 38.9 Å². The molecule has 0 radical (unpaired) electrons. The minimum absolute atomic E-state index is 0.0885. The smallest absolute Gasteiger partial charge is 0.234 e. The Morgan fingerprint density at radius 1 is 1.47 bits per heavy atom. The van der Waals surface area contributed by atoms with Crippen LogP contribution < -0.4 is 11.1 Å². The molecule has 90 valence electrons. The third kappa shape index (κ3) is 7.33. The fourth-order valence-electron chi connectivity index (χ4n) is 1.17. The summed E-state index contributed by atoms with van der Waals surface area (Å²) in [7, 11) is 1.96. The van der Waals surface area contributed by atoms with Crippen molar-refractivity contribution in [3.8, 4) is 0 Å². The molecule has 0 spiro atoms. The molecule has 15 heavy (non-hydrogen) atoms. The van der Waals surface area contributed by atoms with E-state index in [1.165, 1.54) is 0 Å². The van der Waals surface area contributed by atoms with Crippen LogP contribution in [0.3, 0.4) is 0 Å². The molecule has 0 aromatic heterocycles. The molecule has 0 bridgehead atoms. The minimum Gasteiger partial charge on any atom is -0.355 e. The van der Waals surface area contributed by atoms with Crippen LogP contribution in [0.25, 0.3) is 0 Å². The molecule has 0 unspecified atom stereocenters. The second-order valence-corrected chi connectivity index (χ2v) is 4.81. The highest BCUT2D eigenvalue weighted by atomic mass is 16.1. The van der Waals surface area contributed by atoms with E-state index < -0.39 is 0 Å². The fourth-order valence-corrected chi connectivity index (χ4v) is 1.17. The first-order valence-corrected chi connectivity index (χ1v) is 5.56. The number of amides is 1. The van der Waals surface area contributed by atoms with Gasteiger partial charge >= 0.3 is 0 Å². The molecule has 0 rings (SSSR count). The Hall–Kier alpha value is -0.610. The Balaban J connectivity index is 3.75. The molecular weight excluding hydrogens is 190 g/mol. The van der Waals surface area contributed by atoms with Gasteiger partial charge < -0.3 is 11.1 Å². The van der Waals surface area contributed by atoms with Gasteiger partial charge in [0.25, 0.3) is 0 Å². The van der Waals surface area contributed by atoms with Crippen LogP contribution in [-0.4, -0.2) is 44.0 Å². The topological polar surface area (TPSA) is 58.4 Å². The van der Waals surface area contributed by atoms with Crippen LogP contribution in [0.2, 0.25) is 0 Å². The first-order valence-electron chi connectivity index (χ1n) is 5.56. The lowest BCUT2D eigenvalue weighted by Gasteiger charge is -2.25. The van der Waals surface area contributed by atoms with Gasteiger partial charge in [0.15, 0.2) is 0 Å². The molecular formula is C11H25N3O. The number of carbonyl (C=O) groups excluding carboxylic acids is 1. The molecule has 0 aromatic rings. The van der Waals surface area contributed by atoms with Crippen molar-refractivity contribution in [3.63, 3.8) is 0 Å². The summed E-state index contributed by atoms with van der Waals surface area (Å²) in [6, 6.07) is 0. The van der Waals surface area contributed by atoms with Gasteiger partial charge in [-0.15, -0.1) is 0 Å². The Morgan fingerprint density at radius 2 is 2.07 bits per heavy atom. The number of nitrogens with zero attached hydrogens (tertiary/aromatic N) is 1. The normalized spacial score (nSPS) is 11.9. The molecule has 0 heterocycles. The highest BCUT2D eigenvalue weighted by Crippen LogP contribution is 2.17. The molecule has 0 aliphatic rings. The summed E-state index contributed by atoms with van der Waals surface area (Å²) in [6.45, 7) is 8.97. The van der Waals surface area contributed by atoms with Crippen molar-refractivity contribution < 1.29 is 4.79 Å². The molecule has 0 fully saturated rings. The summed E-state index contributed by atoms with van der Waals surface area (Å²) >= 11 is 0. The van der Waals surface area contributed by atoms with Gasteiger partial charge in [0, 0.05) is 6.54 Å². The number of carbonyl (C=O) groups is 1. The van der Waals surface area contributed by atoms with Crippen molar-refractivity contribution in [2.75, 3.05) is 33.2 Å². The van der Waals surface area contributed by atoms with Crippen molar-refractivity contribution in [3.05, 3.63) is 0 Å². The predicted octanol–water partition coefficient (Wildman–Crippen LogP) is 0.429. The van der Waals surface area contributed by atoms with Gasteiger partial charge in [-0.2, -0.15) is 0 Å². The van der Waals surface area contributed by atoms with E-state index in [0.29, 0.717) is 19.6 Å². The van der Waals surface area contributed by atoms with Gasteiger partial charge in [0.1, 0.15) is 0 Å². The zero-order valence-corrected chi connectivity index (χ0v) is 10.5. The van der Waals surface area contributed by atoms with Crippen LogP contribution in [-0.2, 0) is 4.79 Å². The van der Waals surface area contributed by atoms with Crippen molar-refractivity contribution in [1.82, 2.24) is 10.2 Å². The van der Waals surface area contributed by atoms with Crippen LogP contribution in [0.1, 0.15) is 27.2 Å². The number of likely N-dealkylation sites (N-methyl/N-ethyl adjacent to an activating group) is 2. The van der Waals surface area contributed by atoms with Crippen LogP contribution >= 0.6 is 0 Å².